The van der Waals surface area contributed by atoms with Crippen LogP contribution >= 0.6 is 0 Å². The number of anilines is 1. The molecule has 0 aliphatic rings. The molecule has 9 heteroatoms. The van der Waals surface area contributed by atoms with Crippen molar-refractivity contribution in [1.29, 1.82) is 0 Å². The van der Waals surface area contributed by atoms with Crippen LogP contribution in [0.2, 0.25) is 0 Å². The zero-order valence-electron chi connectivity index (χ0n) is 16.6. The predicted molar refractivity (Wildman–Crippen MR) is 114 cm³/mol. The minimum Gasteiger partial charge on any atom is -0.493 e. The van der Waals surface area contributed by atoms with Crippen LogP contribution in [-0.2, 0) is 20.0 Å². The molecule has 0 unspecified atom stereocenters. The van der Waals surface area contributed by atoms with E-state index < -0.39 is 20.0 Å². The van der Waals surface area contributed by atoms with E-state index >= 15 is 0 Å². The van der Waals surface area contributed by atoms with Gasteiger partial charge < -0.3 is 9.47 Å². The third-order valence-electron chi connectivity index (χ3n) is 4.42. The summed E-state index contributed by atoms with van der Waals surface area (Å²) >= 11 is 0. The van der Waals surface area contributed by atoms with Gasteiger partial charge in [-0.25, -0.2) is 16.8 Å². The van der Waals surface area contributed by atoms with Crippen LogP contribution in [0, 0.1) is 6.92 Å². The van der Waals surface area contributed by atoms with Gasteiger partial charge in [0, 0.05) is 6.07 Å². The van der Waals surface area contributed by atoms with E-state index in [0.29, 0.717) is 15.0 Å². The SMILES string of the molecule is COc1cc(C)c(N(S(=O)(=O)c2ccccc2)S(=O)(=O)c2ccccc2)cc1OC. The summed E-state index contributed by atoms with van der Waals surface area (Å²) in [5.41, 5.74) is 0.326. The van der Waals surface area contributed by atoms with Crippen LogP contribution in [0.25, 0.3) is 0 Å². The smallest absolute Gasteiger partial charge is 0.277 e. The molecule has 3 aromatic rings. The number of nitrogens with zero attached hydrogens (tertiary/aromatic N) is 1. The van der Waals surface area contributed by atoms with Gasteiger partial charge >= 0.3 is 0 Å². The van der Waals surface area contributed by atoms with E-state index in [1.807, 2.05) is 0 Å². The molecule has 0 fully saturated rings. The van der Waals surface area contributed by atoms with E-state index in [-0.39, 0.29) is 21.2 Å². The molecule has 0 radical (unpaired) electrons. The highest BCUT2D eigenvalue weighted by molar-refractivity contribution is 8.10. The summed E-state index contributed by atoms with van der Waals surface area (Å²) < 4.78 is 65.1. The largest absolute Gasteiger partial charge is 0.493 e. The monoisotopic (exact) mass is 447 g/mol. The molecule has 30 heavy (non-hydrogen) atoms. The van der Waals surface area contributed by atoms with Crippen molar-refractivity contribution in [3.63, 3.8) is 0 Å². The van der Waals surface area contributed by atoms with Gasteiger partial charge in [0.05, 0.1) is 29.7 Å². The van der Waals surface area contributed by atoms with Crippen LogP contribution in [-0.4, -0.2) is 31.1 Å². The Labute approximate surface area is 176 Å². The number of hydrogen-bond acceptors (Lipinski definition) is 6. The van der Waals surface area contributed by atoms with Crippen LogP contribution in [0.1, 0.15) is 5.56 Å². The summed E-state index contributed by atoms with van der Waals surface area (Å²) in [6.45, 7) is 1.60. The zero-order valence-corrected chi connectivity index (χ0v) is 18.3. The average molecular weight is 448 g/mol. The third-order valence-corrected chi connectivity index (χ3v) is 8.60. The lowest BCUT2D eigenvalue weighted by molar-refractivity contribution is 0.355. The second-order valence-electron chi connectivity index (χ2n) is 6.33. The number of sulfonamides is 2. The first-order chi connectivity index (χ1) is 14.2. The van der Waals surface area contributed by atoms with Crippen LogP contribution in [0.5, 0.6) is 11.5 Å². The van der Waals surface area contributed by atoms with Gasteiger partial charge in [0.15, 0.2) is 11.5 Å². The topological polar surface area (TPSA) is 90.0 Å². The molecule has 3 aromatic carbocycles. The van der Waals surface area contributed by atoms with Crippen molar-refractivity contribution in [2.45, 2.75) is 16.7 Å². The molecule has 0 N–H and O–H groups in total. The zero-order chi connectivity index (χ0) is 21.9. The molecule has 0 spiro atoms. The molecular formula is C21H21NO6S2. The lowest BCUT2D eigenvalue weighted by Gasteiger charge is -2.26. The van der Waals surface area contributed by atoms with Gasteiger partial charge in [-0.1, -0.05) is 36.4 Å². The Morgan fingerprint density at radius 1 is 0.667 bits per heavy atom. The summed E-state index contributed by atoms with van der Waals surface area (Å²) in [6, 6.07) is 17.7. The minimum absolute atomic E-state index is 0.0552. The van der Waals surface area contributed by atoms with Crippen LogP contribution in [0.15, 0.2) is 82.6 Å². The fourth-order valence-corrected chi connectivity index (χ4v) is 6.78. The number of methoxy groups -OCH3 is 2. The maximum atomic E-state index is 13.5. The number of hydrogen-bond donors (Lipinski definition) is 0. The Kier molecular flexibility index (Phi) is 6.04. The van der Waals surface area contributed by atoms with Gasteiger partial charge in [0.2, 0.25) is 0 Å². The molecule has 7 nitrogen and oxygen atoms in total. The maximum Gasteiger partial charge on any atom is 0.277 e. The lowest BCUT2D eigenvalue weighted by atomic mass is 10.2. The number of aryl methyl sites for hydroxylation is 1. The molecule has 0 amide bonds. The average Bonchev–Trinajstić information content (AvgIpc) is 2.75. The molecule has 0 heterocycles. The summed E-state index contributed by atoms with van der Waals surface area (Å²) in [5.74, 6) is 0.558. The van der Waals surface area contributed by atoms with Crippen molar-refractivity contribution < 1.29 is 26.3 Å². The van der Waals surface area contributed by atoms with Crippen molar-refractivity contribution in [2.75, 3.05) is 17.9 Å². The number of ether oxygens (including phenoxy) is 2. The first-order valence-corrected chi connectivity index (χ1v) is 11.7. The summed E-state index contributed by atoms with van der Waals surface area (Å²) in [4.78, 5) is -0.308. The highest BCUT2D eigenvalue weighted by Crippen LogP contribution is 2.39. The highest BCUT2D eigenvalue weighted by atomic mass is 32.3. The van der Waals surface area contributed by atoms with Gasteiger partial charge in [-0.2, -0.15) is 3.71 Å². The van der Waals surface area contributed by atoms with Gasteiger partial charge in [0.1, 0.15) is 0 Å². The molecule has 3 rings (SSSR count). The quantitative estimate of drug-likeness (QED) is 0.550. The Morgan fingerprint density at radius 3 is 1.47 bits per heavy atom. The fraction of sp³-hybridized carbons (Fsp3) is 0.143. The normalized spacial score (nSPS) is 11.7. The molecule has 158 valence electrons. The van der Waals surface area contributed by atoms with E-state index in [4.69, 9.17) is 9.47 Å². The highest BCUT2D eigenvalue weighted by Gasteiger charge is 2.38. The second-order valence-corrected chi connectivity index (χ2v) is 10.1. The van der Waals surface area contributed by atoms with Gasteiger partial charge in [-0.3, -0.25) is 0 Å². The maximum absolute atomic E-state index is 13.5. The lowest BCUT2D eigenvalue weighted by Crippen LogP contribution is -2.37. The number of rotatable bonds is 7. The molecule has 0 aliphatic heterocycles. The Balaban J connectivity index is 2.35. The first-order valence-electron chi connectivity index (χ1n) is 8.86. The molecule has 0 aromatic heterocycles. The molecule has 0 saturated carbocycles. The Morgan fingerprint density at radius 2 is 1.07 bits per heavy atom. The van der Waals surface area contributed by atoms with E-state index in [0.717, 1.165) is 0 Å². The van der Waals surface area contributed by atoms with Gasteiger partial charge in [-0.05, 0) is 42.8 Å². The van der Waals surface area contributed by atoms with E-state index in [1.54, 1.807) is 19.1 Å². The number of benzene rings is 3. The standard InChI is InChI=1S/C21H21NO6S2/c1-16-14-20(27-2)21(28-3)15-19(16)22(29(23,24)17-10-6-4-7-11-17)30(25,26)18-12-8-5-9-13-18/h4-15H,1-3H3. The third kappa shape index (κ3) is 3.86. The first kappa shape index (κ1) is 21.7. The van der Waals surface area contributed by atoms with Crippen molar-refractivity contribution in [3.05, 3.63) is 78.4 Å². The Hall–Kier alpha value is -3.04. The Bertz CT molecular complexity index is 1170. The summed E-state index contributed by atoms with van der Waals surface area (Å²) in [7, 11) is -6.13. The summed E-state index contributed by atoms with van der Waals surface area (Å²) in [5, 5.41) is 0. The fourth-order valence-electron chi connectivity index (χ4n) is 2.93. The van der Waals surface area contributed by atoms with Crippen molar-refractivity contribution in [3.8, 4) is 11.5 Å². The molecule has 0 aliphatic carbocycles. The molecule has 0 atom stereocenters. The van der Waals surface area contributed by atoms with Gasteiger partial charge in [0.25, 0.3) is 20.0 Å². The predicted octanol–water partition coefficient (Wildman–Crippen LogP) is 3.60. The van der Waals surface area contributed by atoms with Crippen LogP contribution < -0.4 is 13.2 Å². The van der Waals surface area contributed by atoms with Crippen molar-refractivity contribution >= 4 is 25.7 Å². The van der Waals surface area contributed by atoms with Crippen LogP contribution in [0.3, 0.4) is 0 Å². The van der Waals surface area contributed by atoms with E-state index in [2.05, 4.69) is 0 Å². The second kappa shape index (κ2) is 8.37. The van der Waals surface area contributed by atoms with Crippen molar-refractivity contribution in [2.24, 2.45) is 0 Å². The van der Waals surface area contributed by atoms with Gasteiger partial charge in [-0.15, -0.1) is 0 Å². The molecular weight excluding hydrogens is 426 g/mol. The van der Waals surface area contributed by atoms with E-state index in [9.17, 15) is 16.8 Å². The molecule has 0 bridgehead atoms. The summed E-state index contributed by atoms with van der Waals surface area (Å²) in [6.07, 6.45) is 0. The van der Waals surface area contributed by atoms with E-state index in [1.165, 1.54) is 74.9 Å². The van der Waals surface area contributed by atoms with Crippen LogP contribution in [0.4, 0.5) is 5.69 Å². The minimum atomic E-state index is -4.48. The van der Waals surface area contributed by atoms with Crippen molar-refractivity contribution in [1.82, 2.24) is 0 Å². The molecule has 0 saturated heterocycles.